The van der Waals surface area contributed by atoms with Crippen LogP contribution in [0.3, 0.4) is 0 Å². The fourth-order valence-electron chi connectivity index (χ4n) is 10.6. The average molecular weight is 894 g/mol. The lowest BCUT2D eigenvalue weighted by atomic mass is 9.67. The van der Waals surface area contributed by atoms with Gasteiger partial charge in [0.15, 0.2) is 11.6 Å². The summed E-state index contributed by atoms with van der Waals surface area (Å²) in [6, 6.07) is 90.4. The highest BCUT2D eigenvalue weighted by Crippen LogP contribution is 2.58. The fourth-order valence-corrected chi connectivity index (χ4v) is 10.6. The predicted molar refractivity (Wildman–Crippen MR) is 284 cm³/mol. The molecule has 328 valence electrons. The van der Waals surface area contributed by atoms with Gasteiger partial charge >= 0.3 is 0 Å². The van der Waals surface area contributed by atoms with Crippen molar-refractivity contribution in [1.82, 2.24) is 24.5 Å². The zero-order chi connectivity index (χ0) is 46.4. The first-order chi connectivity index (χ1) is 34.7. The minimum atomic E-state index is -0.513. The Morgan fingerprint density at radius 3 is 1.56 bits per heavy atom. The van der Waals surface area contributed by atoms with E-state index in [1.165, 1.54) is 33.4 Å². The Bertz CT molecular complexity index is 3790. The average Bonchev–Trinajstić information content (AvgIpc) is 3.99. The van der Waals surface area contributed by atoms with Crippen LogP contribution in [0.1, 0.15) is 22.3 Å². The molecule has 5 nitrogen and oxygen atoms in total. The summed E-state index contributed by atoms with van der Waals surface area (Å²) >= 11 is 0. The second kappa shape index (κ2) is 17.1. The summed E-state index contributed by atoms with van der Waals surface area (Å²) in [5.41, 5.74) is 20.0. The van der Waals surface area contributed by atoms with Crippen LogP contribution in [0.15, 0.2) is 261 Å². The maximum Gasteiger partial charge on any atom is 0.164 e. The number of para-hydroxylation sites is 1. The standard InChI is InChI=1S/C65H43N5/c1-5-18-48(19-6-1)63-67-59(43-60(68-63)54-27-17-29-56-62(54)53-26-13-14-28-55(53)65(56,50-20-7-2-8-21-50)51-22-9-3-10-23-51)47-37-35-45(36-38-47)44-31-33-46(34-32-44)49-39-40-57-61(42-49)70(52-24-11-4-12-25-52)64(69-57)58-30-15-16-41-66-58/h1-43H. The highest BCUT2D eigenvalue weighted by atomic mass is 15.1. The Hall–Kier alpha value is -9.32. The molecule has 0 unspecified atom stereocenters. The van der Waals surface area contributed by atoms with Gasteiger partial charge in [-0.3, -0.25) is 9.55 Å². The summed E-state index contributed by atoms with van der Waals surface area (Å²) in [5.74, 6) is 1.50. The van der Waals surface area contributed by atoms with Crippen LogP contribution in [0.4, 0.5) is 0 Å². The van der Waals surface area contributed by atoms with Crippen molar-refractivity contribution in [2.45, 2.75) is 5.41 Å². The van der Waals surface area contributed by atoms with Crippen LogP contribution in [0.2, 0.25) is 0 Å². The maximum atomic E-state index is 5.37. The van der Waals surface area contributed by atoms with Gasteiger partial charge in [-0.2, -0.15) is 0 Å². The second-order valence-corrected chi connectivity index (χ2v) is 17.8. The van der Waals surface area contributed by atoms with E-state index in [9.17, 15) is 0 Å². The molecular formula is C65H43N5. The third-order valence-corrected chi connectivity index (χ3v) is 13.8. The van der Waals surface area contributed by atoms with Crippen molar-refractivity contribution in [2.24, 2.45) is 0 Å². The molecule has 0 amide bonds. The number of pyridine rings is 1. The number of hydrogen-bond donors (Lipinski definition) is 0. The number of rotatable bonds is 9. The van der Waals surface area contributed by atoms with Gasteiger partial charge in [-0.05, 0) is 98.1 Å². The molecule has 1 aliphatic carbocycles. The molecule has 0 atom stereocenters. The van der Waals surface area contributed by atoms with Crippen LogP contribution in [0.25, 0.3) is 95.5 Å². The SMILES string of the molecule is c1ccc(-c2nc(-c3ccc(-c4ccc(-c5ccc6nc(-c7ccccn7)n(-c7ccccc7)c6c5)cc4)cc3)cc(-c3cccc4c3-c3ccccc3C4(c3ccccc3)c3ccccc3)n2)cc1. The smallest absolute Gasteiger partial charge is 0.164 e. The molecule has 3 heterocycles. The number of nitrogens with zero attached hydrogens (tertiary/aromatic N) is 5. The lowest BCUT2D eigenvalue weighted by molar-refractivity contribution is 0.768. The third-order valence-electron chi connectivity index (χ3n) is 13.8. The van der Waals surface area contributed by atoms with Crippen molar-refractivity contribution in [2.75, 3.05) is 0 Å². The first-order valence-electron chi connectivity index (χ1n) is 23.7. The molecule has 12 aromatic rings. The highest BCUT2D eigenvalue weighted by Gasteiger charge is 2.46. The van der Waals surface area contributed by atoms with Crippen molar-refractivity contribution < 1.29 is 0 Å². The molecule has 70 heavy (non-hydrogen) atoms. The van der Waals surface area contributed by atoms with Crippen molar-refractivity contribution in [3.63, 3.8) is 0 Å². The van der Waals surface area contributed by atoms with Crippen molar-refractivity contribution in [3.8, 4) is 84.5 Å². The Balaban J connectivity index is 0.876. The summed E-state index contributed by atoms with van der Waals surface area (Å²) in [6.45, 7) is 0. The molecule has 0 radical (unpaired) electrons. The lowest BCUT2D eigenvalue weighted by Crippen LogP contribution is -2.28. The highest BCUT2D eigenvalue weighted by molar-refractivity contribution is 5.95. The van der Waals surface area contributed by atoms with Crippen molar-refractivity contribution in [1.29, 1.82) is 0 Å². The van der Waals surface area contributed by atoms with E-state index in [2.05, 4.69) is 222 Å². The zero-order valence-corrected chi connectivity index (χ0v) is 38.1. The number of hydrogen-bond acceptors (Lipinski definition) is 4. The molecule has 0 fully saturated rings. The predicted octanol–water partition coefficient (Wildman–Crippen LogP) is 15.6. The van der Waals surface area contributed by atoms with Gasteiger partial charge in [0.1, 0.15) is 5.69 Å². The normalized spacial score (nSPS) is 12.4. The van der Waals surface area contributed by atoms with Crippen molar-refractivity contribution >= 4 is 11.0 Å². The van der Waals surface area contributed by atoms with Crippen LogP contribution in [-0.4, -0.2) is 24.5 Å². The molecule has 0 spiro atoms. The summed E-state index contributed by atoms with van der Waals surface area (Å²) in [7, 11) is 0. The molecule has 0 N–H and O–H groups in total. The number of benzene rings is 9. The molecule has 0 saturated heterocycles. The lowest BCUT2D eigenvalue weighted by Gasteiger charge is -2.33. The van der Waals surface area contributed by atoms with Crippen LogP contribution in [-0.2, 0) is 5.41 Å². The van der Waals surface area contributed by atoms with Gasteiger partial charge in [-0.25, -0.2) is 15.0 Å². The van der Waals surface area contributed by atoms with Gasteiger partial charge in [0, 0.05) is 28.6 Å². The van der Waals surface area contributed by atoms with E-state index in [-0.39, 0.29) is 0 Å². The summed E-state index contributed by atoms with van der Waals surface area (Å²) < 4.78 is 2.20. The van der Waals surface area contributed by atoms with E-state index < -0.39 is 5.41 Å². The fraction of sp³-hybridized carbons (Fsp3) is 0.0154. The van der Waals surface area contributed by atoms with Crippen LogP contribution in [0.5, 0.6) is 0 Å². The Morgan fingerprint density at radius 2 is 0.886 bits per heavy atom. The molecule has 9 aromatic carbocycles. The van der Waals surface area contributed by atoms with Gasteiger partial charge in [-0.1, -0.05) is 212 Å². The first-order valence-corrected chi connectivity index (χ1v) is 23.7. The summed E-state index contributed by atoms with van der Waals surface area (Å²) in [5, 5.41) is 0. The van der Waals surface area contributed by atoms with E-state index in [0.717, 1.165) is 78.6 Å². The van der Waals surface area contributed by atoms with E-state index >= 15 is 0 Å². The second-order valence-electron chi connectivity index (χ2n) is 17.8. The van der Waals surface area contributed by atoms with E-state index in [1.807, 2.05) is 48.7 Å². The molecule has 3 aromatic heterocycles. The molecule has 1 aliphatic rings. The topological polar surface area (TPSA) is 56.5 Å². The van der Waals surface area contributed by atoms with Crippen molar-refractivity contribution in [3.05, 3.63) is 283 Å². The first kappa shape index (κ1) is 40.9. The van der Waals surface area contributed by atoms with E-state index in [0.29, 0.717) is 5.82 Å². The van der Waals surface area contributed by atoms with Crippen LogP contribution >= 0.6 is 0 Å². The Kier molecular flexibility index (Phi) is 9.98. The number of aromatic nitrogens is 5. The van der Waals surface area contributed by atoms with Crippen LogP contribution in [0, 0.1) is 0 Å². The third kappa shape index (κ3) is 6.86. The minimum Gasteiger partial charge on any atom is -0.291 e. The quantitative estimate of drug-likeness (QED) is 0.145. The summed E-state index contributed by atoms with van der Waals surface area (Å²) in [6.07, 6.45) is 1.81. The van der Waals surface area contributed by atoms with Gasteiger partial charge in [0.2, 0.25) is 0 Å². The van der Waals surface area contributed by atoms with Gasteiger partial charge in [0.05, 0.1) is 27.8 Å². The molecule has 0 saturated carbocycles. The van der Waals surface area contributed by atoms with Gasteiger partial charge < -0.3 is 0 Å². The Labute approximate surface area is 406 Å². The number of fused-ring (bicyclic) bond motifs is 4. The summed E-state index contributed by atoms with van der Waals surface area (Å²) in [4.78, 5) is 20.3. The maximum absolute atomic E-state index is 5.37. The molecule has 13 rings (SSSR count). The van der Waals surface area contributed by atoms with Crippen LogP contribution < -0.4 is 0 Å². The Morgan fingerprint density at radius 1 is 0.343 bits per heavy atom. The van der Waals surface area contributed by atoms with Gasteiger partial charge in [-0.15, -0.1) is 0 Å². The van der Waals surface area contributed by atoms with E-state index in [4.69, 9.17) is 15.0 Å². The van der Waals surface area contributed by atoms with Gasteiger partial charge in [0.25, 0.3) is 0 Å². The molecule has 0 aliphatic heterocycles. The number of imidazole rings is 1. The minimum absolute atomic E-state index is 0.513. The molecular weight excluding hydrogens is 851 g/mol. The molecule has 0 bridgehead atoms. The largest absolute Gasteiger partial charge is 0.291 e. The van der Waals surface area contributed by atoms with E-state index in [1.54, 1.807) is 0 Å². The molecule has 5 heteroatoms. The zero-order valence-electron chi connectivity index (χ0n) is 38.1. The monoisotopic (exact) mass is 893 g/mol.